The van der Waals surface area contributed by atoms with E-state index in [2.05, 4.69) is 16.4 Å². The minimum absolute atomic E-state index is 0.587. The summed E-state index contributed by atoms with van der Waals surface area (Å²) in [4.78, 5) is 0. The van der Waals surface area contributed by atoms with Crippen LogP contribution >= 0.6 is 0 Å². The molecule has 1 heterocycles. The average molecular weight is 246 g/mol. The summed E-state index contributed by atoms with van der Waals surface area (Å²) >= 11 is 0. The number of nitrogens with zero attached hydrogens (tertiary/aromatic N) is 3. The number of methoxy groups -OCH3 is 1. The first-order valence-corrected chi connectivity index (χ1v) is 6.03. The van der Waals surface area contributed by atoms with Gasteiger partial charge in [0.05, 0.1) is 24.2 Å². The summed E-state index contributed by atoms with van der Waals surface area (Å²) < 4.78 is 6.92. The SMILES string of the molecule is COCCc1ccccc1-n1cc(CCN)nn1. The number of aromatic nitrogens is 3. The molecule has 0 aliphatic heterocycles. The topological polar surface area (TPSA) is 66.0 Å². The molecule has 0 fully saturated rings. The predicted molar refractivity (Wildman–Crippen MR) is 69.7 cm³/mol. The second kappa shape index (κ2) is 6.28. The molecule has 2 N–H and O–H groups in total. The average Bonchev–Trinajstić information content (AvgIpc) is 2.86. The molecular formula is C13H18N4O. The van der Waals surface area contributed by atoms with Gasteiger partial charge in [-0.1, -0.05) is 23.4 Å². The fourth-order valence-electron chi connectivity index (χ4n) is 1.84. The van der Waals surface area contributed by atoms with E-state index < -0.39 is 0 Å². The van der Waals surface area contributed by atoms with Gasteiger partial charge in [0.1, 0.15) is 0 Å². The lowest BCUT2D eigenvalue weighted by atomic mass is 10.1. The number of para-hydroxylation sites is 1. The highest BCUT2D eigenvalue weighted by molar-refractivity contribution is 5.40. The maximum atomic E-state index is 5.51. The van der Waals surface area contributed by atoms with Crippen LogP contribution in [0.3, 0.4) is 0 Å². The zero-order valence-electron chi connectivity index (χ0n) is 10.5. The van der Waals surface area contributed by atoms with E-state index in [9.17, 15) is 0 Å². The lowest BCUT2D eigenvalue weighted by Gasteiger charge is -2.07. The van der Waals surface area contributed by atoms with Crippen molar-refractivity contribution in [2.24, 2.45) is 5.73 Å². The molecule has 0 aliphatic rings. The largest absolute Gasteiger partial charge is 0.384 e. The Morgan fingerprint density at radius 3 is 2.89 bits per heavy atom. The summed E-state index contributed by atoms with van der Waals surface area (Å²) in [6, 6.07) is 8.13. The van der Waals surface area contributed by atoms with E-state index >= 15 is 0 Å². The standard InChI is InChI=1S/C13H18N4O/c1-18-9-7-11-4-2-3-5-13(11)17-10-12(6-8-14)15-16-17/h2-5,10H,6-9,14H2,1H3. The van der Waals surface area contributed by atoms with Crippen LogP contribution in [0, 0.1) is 0 Å². The molecular weight excluding hydrogens is 228 g/mol. The van der Waals surface area contributed by atoms with Gasteiger partial charge in [0, 0.05) is 13.5 Å². The zero-order chi connectivity index (χ0) is 12.8. The fourth-order valence-corrected chi connectivity index (χ4v) is 1.84. The van der Waals surface area contributed by atoms with Crippen LogP contribution in [0.5, 0.6) is 0 Å². The Morgan fingerprint density at radius 2 is 2.11 bits per heavy atom. The van der Waals surface area contributed by atoms with Crippen LogP contribution in [-0.4, -0.2) is 35.3 Å². The van der Waals surface area contributed by atoms with Crippen molar-refractivity contribution in [3.8, 4) is 5.69 Å². The van der Waals surface area contributed by atoms with E-state index in [1.807, 2.05) is 24.4 Å². The van der Waals surface area contributed by atoms with Gasteiger partial charge in [0.25, 0.3) is 0 Å². The molecule has 0 saturated heterocycles. The third-order valence-corrected chi connectivity index (χ3v) is 2.76. The number of nitrogens with two attached hydrogens (primary N) is 1. The van der Waals surface area contributed by atoms with E-state index in [1.165, 1.54) is 5.56 Å². The Hall–Kier alpha value is -1.72. The first-order chi connectivity index (χ1) is 8.85. The lowest BCUT2D eigenvalue weighted by Crippen LogP contribution is -2.03. The number of hydrogen-bond donors (Lipinski definition) is 1. The normalized spacial score (nSPS) is 10.8. The van der Waals surface area contributed by atoms with Gasteiger partial charge in [-0.2, -0.15) is 0 Å². The molecule has 0 atom stereocenters. The Kier molecular flexibility index (Phi) is 4.44. The monoisotopic (exact) mass is 246 g/mol. The Morgan fingerprint density at radius 1 is 1.28 bits per heavy atom. The van der Waals surface area contributed by atoms with Crippen LogP contribution in [0.1, 0.15) is 11.3 Å². The van der Waals surface area contributed by atoms with Crippen LogP contribution in [0.2, 0.25) is 0 Å². The molecule has 0 saturated carbocycles. The second-order valence-corrected chi connectivity index (χ2v) is 4.06. The summed E-state index contributed by atoms with van der Waals surface area (Å²) in [6.07, 6.45) is 3.54. The Bertz CT molecular complexity index is 495. The van der Waals surface area contributed by atoms with Crippen LogP contribution < -0.4 is 5.73 Å². The fraction of sp³-hybridized carbons (Fsp3) is 0.385. The predicted octanol–water partition coefficient (Wildman–Crippen LogP) is 0.957. The van der Waals surface area contributed by atoms with Crippen molar-refractivity contribution in [3.05, 3.63) is 41.7 Å². The Balaban J connectivity index is 2.25. The van der Waals surface area contributed by atoms with E-state index in [0.717, 1.165) is 24.2 Å². The minimum atomic E-state index is 0.587. The molecule has 5 heteroatoms. The van der Waals surface area contributed by atoms with Crippen LogP contribution in [0.25, 0.3) is 5.69 Å². The van der Waals surface area contributed by atoms with Gasteiger partial charge in [-0.15, -0.1) is 5.10 Å². The van der Waals surface area contributed by atoms with Gasteiger partial charge in [-0.3, -0.25) is 0 Å². The molecule has 0 unspecified atom stereocenters. The smallest absolute Gasteiger partial charge is 0.0844 e. The molecule has 0 bridgehead atoms. The van der Waals surface area contributed by atoms with Crippen molar-refractivity contribution in [2.45, 2.75) is 12.8 Å². The number of ether oxygens (including phenoxy) is 1. The summed E-state index contributed by atoms with van der Waals surface area (Å²) in [5.74, 6) is 0. The van der Waals surface area contributed by atoms with Crippen molar-refractivity contribution in [3.63, 3.8) is 0 Å². The van der Waals surface area contributed by atoms with E-state index in [4.69, 9.17) is 10.5 Å². The molecule has 2 aromatic rings. The highest BCUT2D eigenvalue weighted by Crippen LogP contribution is 2.14. The third kappa shape index (κ3) is 2.94. The lowest BCUT2D eigenvalue weighted by molar-refractivity contribution is 0.202. The van der Waals surface area contributed by atoms with Gasteiger partial charge in [0.2, 0.25) is 0 Å². The van der Waals surface area contributed by atoms with E-state index in [-0.39, 0.29) is 0 Å². The molecule has 0 radical (unpaired) electrons. The molecule has 18 heavy (non-hydrogen) atoms. The summed E-state index contributed by atoms with van der Waals surface area (Å²) in [6.45, 7) is 1.28. The van der Waals surface area contributed by atoms with Crippen LogP contribution in [0.15, 0.2) is 30.5 Å². The van der Waals surface area contributed by atoms with E-state index in [1.54, 1.807) is 11.8 Å². The quantitative estimate of drug-likeness (QED) is 0.824. The van der Waals surface area contributed by atoms with Gasteiger partial charge >= 0.3 is 0 Å². The highest BCUT2D eigenvalue weighted by Gasteiger charge is 2.06. The second-order valence-electron chi connectivity index (χ2n) is 4.06. The van der Waals surface area contributed by atoms with Crippen molar-refractivity contribution in [1.82, 2.24) is 15.0 Å². The number of hydrogen-bond acceptors (Lipinski definition) is 4. The minimum Gasteiger partial charge on any atom is -0.384 e. The molecule has 2 rings (SSSR count). The first-order valence-electron chi connectivity index (χ1n) is 6.03. The number of benzene rings is 1. The number of rotatable bonds is 6. The molecule has 1 aromatic carbocycles. The molecule has 96 valence electrons. The summed E-state index contributed by atoms with van der Waals surface area (Å²) in [5, 5.41) is 8.25. The van der Waals surface area contributed by atoms with Crippen LogP contribution in [0.4, 0.5) is 0 Å². The first kappa shape index (κ1) is 12.7. The maximum Gasteiger partial charge on any atom is 0.0844 e. The van der Waals surface area contributed by atoms with Gasteiger partial charge < -0.3 is 10.5 Å². The van der Waals surface area contributed by atoms with Crippen molar-refractivity contribution in [2.75, 3.05) is 20.3 Å². The molecule has 1 aromatic heterocycles. The highest BCUT2D eigenvalue weighted by atomic mass is 16.5. The Labute approximate surface area is 107 Å². The molecule has 0 spiro atoms. The van der Waals surface area contributed by atoms with Gasteiger partial charge in [0.15, 0.2) is 0 Å². The van der Waals surface area contributed by atoms with E-state index in [0.29, 0.717) is 13.2 Å². The third-order valence-electron chi connectivity index (χ3n) is 2.76. The summed E-state index contributed by atoms with van der Waals surface area (Å²) in [7, 11) is 1.71. The summed E-state index contributed by atoms with van der Waals surface area (Å²) in [5.41, 5.74) is 8.67. The van der Waals surface area contributed by atoms with Crippen molar-refractivity contribution >= 4 is 0 Å². The molecule has 0 aliphatic carbocycles. The maximum absolute atomic E-state index is 5.51. The van der Waals surface area contributed by atoms with Crippen molar-refractivity contribution in [1.29, 1.82) is 0 Å². The van der Waals surface area contributed by atoms with Gasteiger partial charge in [-0.05, 0) is 24.6 Å². The van der Waals surface area contributed by atoms with Crippen LogP contribution in [-0.2, 0) is 17.6 Å². The zero-order valence-corrected chi connectivity index (χ0v) is 10.5. The molecule has 5 nitrogen and oxygen atoms in total. The van der Waals surface area contributed by atoms with Gasteiger partial charge in [-0.25, -0.2) is 4.68 Å². The van der Waals surface area contributed by atoms with Crippen molar-refractivity contribution < 1.29 is 4.74 Å². The molecule has 0 amide bonds.